The van der Waals surface area contributed by atoms with E-state index >= 15 is 0 Å². The molecule has 0 aliphatic heterocycles. The van der Waals surface area contributed by atoms with Gasteiger partial charge < -0.3 is 9.72 Å². The number of carbonyl (C=O) groups excluding carboxylic acids is 1. The molecular weight excluding hydrogens is 318 g/mol. The molecule has 4 heterocycles. The first-order valence-corrected chi connectivity index (χ1v) is 7.85. The number of nitrogens with one attached hydrogen (secondary N) is 1. The van der Waals surface area contributed by atoms with Gasteiger partial charge in [0.05, 0.1) is 17.8 Å². The number of hydrogen-bond acceptors (Lipinski definition) is 4. The molecular formula is C18H15N5O2. The highest BCUT2D eigenvalue weighted by Crippen LogP contribution is 2.12. The summed E-state index contributed by atoms with van der Waals surface area (Å²) in [6.07, 6.45) is 5.09. The molecule has 4 aromatic rings. The number of rotatable bonds is 4. The maximum absolute atomic E-state index is 12.7. The predicted molar refractivity (Wildman–Crippen MR) is 93.0 cm³/mol. The van der Waals surface area contributed by atoms with E-state index in [1.807, 2.05) is 30.5 Å². The largest absolute Gasteiger partial charge is 0.349 e. The second-order valence-corrected chi connectivity index (χ2v) is 5.60. The normalized spacial score (nSPS) is 11.0. The molecule has 4 rings (SSSR count). The van der Waals surface area contributed by atoms with Crippen LogP contribution in [0.15, 0.2) is 65.8 Å². The van der Waals surface area contributed by atoms with Crippen LogP contribution in [-0.4, -0.2) is 24.8 Å². The average molecular weight is 333 g/mol. The van der Waals surface area contributed by atoms with Crippen LogP contribution in [0.1, 0.15) is 5.69 Å². The van der Waals surface area contributed by atoms with Crippen LogP contribution in [0.2, 0.25) is 0 Å². The van der Waals surface area contributed by atoms with Crippen molar-refractivity contribution in [3.05, 3.63) is 77.1 Å². The third kappa shape index (κ3) is 2.76. The summed E-state index contributed by atoms with van der Waals surface area (Å²) in [7, 11) is 0. The summed E-state index contributed by atoms with van der Waals surface area (Å²) in [5.74, 6) is -0.268. The minimum Gasteiger partial charge on any atom is -0.349 e. The first-order valence-electron chi connectivity index (χ1n) is 7.85. The second-order valence-electron chi connectivity index (χ2n) is 5.60. The van der Waals surface area contributed by atoms with E-state index in [-0.39, 0.29) is 18.0 Å². The Morgan fingerprint density at radius 3 is 2.68 bits per heavy atom. The zero-order valence-electron chi connectivity index (χ0n) is 13.3. The second kappa shape index (κ2) is 6.20. The van der Waals surface area contributed by atoms with Crippen LogP contribution >= 0.6 is 0 Å². The lowest BCUT2D eigenvalue weighted by atomic mass is 10.3. The molecule has 1 N–H and O–H groups in total. The average Bonchev–Trinajstić information content (AvgIpc) is 3.14. The maximum Gasteiger partial charge on any atom is 0.276 e. The molecule has 0 saturated heterocycles. The van der Waals surface area contributed by atoms with Gasteiger partial charge in [0.2, 0.25) is 5.91 Å². The SMILES string of the molecule is O=C(Cn1c(=O)c2cccn2c2cccnc21)NCc1ccccn1. The maximum atomic E-state index is 12.7. The fourth-order valence-electron chi connectivity index (χ4n) is 2.82. The quantitative estimate of drug-likeness (QED) is 0.611. The first kappa shape index (κ1) is 15.1. The highest BCUT2D eigenvalue weighted by Gasteiger charge is 2.13. The Bertz CT molecular complexity index is 1110. The number of aromatic nitrogens is 4. The van der Waals surface area contributed by atoms with E-state index in [4.69, 9.17) is 0 Å². The molecule has 25 heavy (non-hydrogen) atoms. The van der Waals surface area contributed by atoms with E-state index in [9.17, 15) is 9.59 Å². The van der Waals surface area contributed by atoms with Crippen LogP contribution in [0, 0.1) is 0 Å². The van der Waals surface area contributed by atoms with Crippen molar-refractivity contribution in [1.29, 1.82) is 0 Å². The Morgan fingerprint density at radius 1 is 1.00 bits per heavy atom. The fourth-order valence-corrected chi connectivity index (χ4v) is 2.82. The van der Waals surface area contributed by atoms with Gasteiger partial charge >= 0.3 is 0 Å². The molecule has 7 nitrogen and oxygen atoms in total. The standard InChI is InChI=1S/C18H15N5O2/c24-16(21-11-13-5-1-2-8-19-13)12-23-17-14(6-3-9-20-17)22-10-4-7-15(22)18(23)25/h1-10H,11-12H2,(H,21,24). The van der Waals surface area contributed by atoms with Crippen LogP contribution in [0.25, 0.3) is 16.7 Å². The number of pyridine rings is 2. The number of hydrogen-bond donors (Lipinski definition) is 1. The Hall–Kier alpha value is -3.48. The summed E-state index contributed by atoms with van der Waals surface area (Å²) in [6, 6.07) is 12.7. The lowest BCUT2D eigenvalue weighted by Crippen LogP contribution is -2.33. The molecule has 0 aliphatic carbocycles. The smallest absolute Gasteiger partial charge is 0.276 e. The van der Waals surface area contributed by atoms with Gasteiger partial charge in [0.25, 0.3) is 5.56 Å². The highest BCUT2D eigenvalue weighted by atomic mass is 16.2. The van der Waals surface area contributed by atoms with Crippen LogP contribution in [-0.2, 0) is 17.9 Å². The third-order valence-corrected chi connectivity index (χ3v) is 3.99. The molecule has 0 radical (unpaired) electrons. The topological polar surface area (TPSA) is 81.3 Å². The number of fused-ring (bicyclic) bond motifs is 3. The molecule has 7 heteroatoms. The number of nitrogens with zero attached hydrogens (tertiary/aromatic N) is 4. The molecule has 0 bridgehead atoms. The van der Waals surface area contributed by atoms with Crippen LogP contribution < -0.4 is 10.9 Å². The molecule has 0 aliphatic rings. The van der Waals surface area contributed by atoms with Gasteiger partial charge in [0.1, 0.15) is 12.1 Å². The van der Waals surface area contributed by atoms with Crippen molar-refractivity contribution in [2.45, 2.75) is 13.1 Å². The molecule has 124 valence electrons. The van der Waals surface area contributed by atoms with Crippen molar-refractivity contribution in [2.24, 2.45) is 0 Å². The fraction of sp³-hybridized carbons (Fsp3) is 0.111. The van der Waals surface area contributed by atoms with E-state index in [1.165, 1.54) is 4.57 Å². The monoisotopic (exact) mass is 333 g/mol. The van der Waals surface area contributed by atoms with Gasteiger partial charge in [-0.15, -0.1) is 0 Å². The number of amides is 1. The first-order chi connectivity index (χ1) is 12.2. The summed E-state index contributed by atoms with van der Waals surface area (Å²) in [6.45, 7) is 0.216. The minimum atomic E-state index is -0.268. The van der Waals surface area contributed by atoms with Gasteiger partial charge in [0, 0.05) is 18.6 Å². The molecule has 0 fully saturated rings. The molecule has 0 aromatic carbocycles. The minimum absolute atomic E-state index is 0.0964. The summed E-state index contributed by atoms with van der Waals surface area (Å²) < 4.78 is 3.19. The molecule has 1 amide bonds. The van der Waals surface area contributed by atoms with E-state index < -0.39 is 0 Å². The highest BCUT2D eigenvalue weighted by molar-refractivity contribution is 5.80. The van der Waals surface area contributed by atoms with Crippen LogP contribution in [0.4, 0.5) is 0 Å². The third-order valence-electron chi connectivity index (χ3n) is 3.99. The van der Waals surface area contributed by atoms with E-state index in [1.54, 1.807) is 35.0 Å². The van der Waals surface area contributed by atoms with Crippen molar-refractivity contribution in [2.75, 3.05) is 0 Å². The molecule has 0 spiro atoms. The van der Waals surface area contributed by atoms with Crippen molar-refractivity contribution >= 4 is 22.6 Å². The van der Waals surface area contributed by atoms with Crippen molar-refractivity contribution < 1.29 is 4.79 Å². The molecule has 0 saturated carbocycles. The van der Waals surface area contributed by atoms with Crippen LogP contribution in [0.5, 0.6) is 0 Å². The molecule has 0 atom stereocenters. The summed E-state index contributed by atoms with van der Waals surface area (Å²) >= 11 is 0. The van der Waals surface area contributed by atoms with Gasteiger partial charge in [-0.25, -0.2) is 4.98 Å². The lowest BCUT2D eigenvalue weighted by Gasteiger charge is -2.11. The molecule has 4 aromatic heterocycles. The summed E-state index contributed by atoms with van der Waals surface area (Å²) in [5.41, 5.74) is 2.28. The van der Waals surface area contributed by atoms with Gasteiger partial charge in [-0.1, -0.05) is 6.07 Å². The predicted octanol–water partition coefficient (Wildman–Crippen LogP) is 1.36. The Labute approximate surface area is 142 Å². The van der Waals surface area contributed by atoms with Gasteiger partial charge in [-0.3, -0.25) is 19.1 Å². The van der Waals surface area contributed by atoms with E-state index in [2.05, 4.69) is 15.3 Å². The zero-order valence-corrected chi connectivity index (χ0v) is 13.3. The van der Waals surface area contributed by atoms with Crippen LogP contribution in [0.3, 0.4) is 0 Å². The summed E-state index contributed by atoms with van der Waals surface area (Å²) in [4.78, 5) is 33.5. The van der Waals surface area contributed by atoms with Gasteiger partial charge in [0.15, 0.2) is 5.65 Å². The van der Waals surface area contributed by atoms with E-state index in [0.717, 1.165) is 11.2 Å². The Balaban J connectivity index is 1.67. The van der Waals surface area contributed by atoms with E-state index in [0.29, 0.717) is 17.7 Å². The molecule has 0 unspecified atom stereocenters. The Kier molecular flexibility index (Phi) is 3.74. The Morgan fingerprint density at radius 2 is 1.84 bits per heavy atom. The lowest BCUT2D eigenvalue weighted by molar-refractivity contribution is -0.121. The van der Waals surface area contributed by atoms with Gasteiger partial charge in [-0.2, -0.15) is 0 Å². The van der Waals surface area contributed by atoms with Crippen molar-refractivity contribution in [3.8, 4) is 0 Å². The number of carbonyl (C=O) groups is 1. The van der Waals surface area contributed by atoms with Crippen molar-refractivity contribution in [1.82, 2.24) is 24.3 Å². The zero-order chi connectivity index (χ0) is 17.2. The van der Waals surface area contributed by atoms with Gasteiger partial charge in [-0.05, 0) is 36.4 Å². The summed E-state index contributed by atoms with van der Waals surface area (Å²) in [5, 5.41) is 2.79. The van der Waals surface area contributed by atoms with Crippen molar-refractivity contribution in [3.63, 3.8) is 0 Å².